The summed E-state index contributed by atoms with van der Waals surface area (Å²) in [6.45, 7) is 0. The fourth-order valence-electron chi connectivity index (χ4n) is 2.02. The lowest BCUT2D eigenvalue weighted by molar-refractivity contribution is -0.119. The largest absolute Gasteiger partial charge is 0.317 e. The summed E-state index contributed by atoms with van der Waals surface area (Å²) in [5.41, 5.74) is 7.96. The van der Waals surface area contributed by atoms with Crippen LogP contribution in [0.25, 0.3) is 11.3 Å². The monoisotopic (exact) mass is 314 g/mol. The molecule has 0 aliphatic rings. The minimum Gasteiger partial charge on any atom is -0.317 e. The molecular weight excluding hydrogens is 300 g/mol. The van der Waals surface area contributed by atoms with E-state index in [0.29, 0.717) is 0 Å². The van der Waals surface area contributed by atoms with Gasteiger partial charge in [-0.2, -0.15) is 0 Å². The van der Waals surface area contributed by atoms with E-state index in [1.807, 2.05) is 53.2 Å². The van der Waals surface area contributed by atoms with Crippen LogP contribution < -0.4 is 5.73 Å². The number of nitrogens with zero attached hydrogens (tertiary/aromatic N) is 1. The van der Waals surface area contributed by atoms with Crippen molar-refractivity contribution in [3.05, 3.63) is 63.1 Å². The van der Waals surface area contributed by atoms with Crippen molar-refractivity contribution in [2.45, 2.75) is 12.5 Å². The molecule has 2 aromatic heterocycles. The molecule has 0 amide bonds. The van der Waals surface area contributed by atoms with Crippen molar-refractivity contribution in [3.63, 3.8) is 0 Å². The summed E-state index contributed by atoms with van der Waals surface area (Å²) in [5.74, 6) is 0.00594. The van der Waals surface area contributed by atoms with Crippen molar-refractivity contribution in [2.75, 3.05) is 0 Å². The third-order valence-electron chi connectivity index (χ3n) is 3.14. The molecule has 3 rings (SSSR count). The van der Waals surface area contributed by atoms with Crippen molar-refractivity contribution in [3.8, 4) is 11.3 Å². The average Bonchev–Trinajstić information content (AvgIpc) is 3.19. The first-order chi connectivity index (χ1) is 10.2. The molecule has 1 unspecified atom stereocenters. The number of thiophene rings is 1. The Morgan fingerprint density at radius 2 is 1.95 bits per heavy atom. The van der Waals surface area contributed by atoms with E-state index in [-0.39, 0.29) is 12.2 Å². The Morgan fingerprint density at radius 3 is 2.67 bits per heavy atom. The molecule has 1 aromatic carbocycles. The van der Waals surface area contributed by atoms with Gasteiger partial charge in [0.2, 0.25) is 0 Å². The predicted molar refractivity (Wildman–Crippen MR) is 87.5 cm³/mol. The Bertz CT molecular complexity index is 720. The number of hydrogen-bond donors (Lipinski definition) is 1. The zero-order valence-corrected chi connectivity index (χ0v) is 12.9. The third-order valence-corrected chi connectivity index (χ3v) is 4.95. The van der Waals surface area contributed by atoms with Crippen molar-refractivity contribution in [2.24, 2.45) is 5.73 Å². The molecule has 0 bridgehead atoms. The van der Waals surface area contributed by atoms with Gasteiger partial charge in [0.15, 0.2) is 5.78 Å². The molecule has 0 saturated carbocycles. The van der Waals surface area contributed by atoms with Crippen molar-refractivity contribution < 1.29 is 4.79 Å². The van der Waals surface area contributed by atoms with E-state index in [0.717, 1.165) is 21.1 Å². The molecule has 5 heteroatoms. The summed E-state index contributed by atoms with van der Waals surface area (Å²) < 4.78 is 0. The molecule has 0 radical (unpaired) electrons. The van der Waals surface area contributed by atoms with Gasteiger partial charge in [-0.05, 0) is 11.4 Å². The second kappa shape index (κ2) is 6.30. The number of thiazole rings is 1. The molecule has 0 aliphatic heterocycles. The van der Waals surface area contributed by atoms with Gasteiger partial charge in [-0.1, -0.05) is 36.4 Å². The summed E-state index contributed by atoms with van der Waals surface area (Å²) in [6, 6.07) is 13.2. The fraction of sp³-hybridized carbons (Fsp3) is 0.125. The highest BCUT2D eigenvalue weighted by Crippen LogP contribution is 2.24. The number of ketones is 1. The third kappa shape index (κ3) is 3.26. The number of carbonyl (C=O) groups excluding carboxylic acids is 1. The topological polar surface area (TPSA) is 56.0 Å². The quantitative estimate of drug-likeness (QED) is 0.781. The number of hydrogen-bond acceptors (Lipinski definition) is 5. The maximum Gasteiger partial charge on any atom is 0.161 e. The van der Waals surface area contributed by atoms with Crippen LogP contribution in [0.5, 0.6) is 0 Å². The van der Waals surface area contributed by atoms with Gasteiger partial charge >= 0.3 is 0 Å². The van der Waals surface area contributed by atoms with E-state index >= 15 is 0 Å². The molecule has 1 atom stereocenters. The van der Waals surface area contributed by atoms with E-state index in [2.05, 4.69) is 4.98 Å². The standard InChI is InChI=1S/C16H14N2OS2/c17-16(14-7-4-8-20-14)13(19)9-15-18-12(10-21-15)11-5-2-1-3-6-11/h1-8,10,16H,9,17H2. The van der Waals surface area contributed by atoms with Gasteiger partial charge in [-0.3, -0.25) is 4.79 Å². The predicted octanol–water partition coefficient (Wildman–Crippen LogP) is 3.68. The van der Waals surface area contributed by atoms with Crippen LogP contribution in [0.4, 0.5) is 0 Å². The van der Waals surface area contributed by atoms with Crippen LogP contribution in [0.1, 0.15) is 15.9 Å². The van der Waals surface area contributed by atoms with Crippen molar-refractivity contribution in [1.82, 2.24) is 4.98 Å². The first kappa shape index (κ1) is 14.1. The summed E-state index contributed by atoms with van der Waals surface area (Å²) in [5, 5.41) is 4.72. The fourth-order valence-corrected chi connectivity index (χ4v) is 3.58. The van der Waals surface area contributed by atoms with Gasteiger partial charge in [0.05, 0.1) is 18.2 Å². The Hall–Kier alpha value is -1.82. The molecule has 3 aromatic rings. The first-order valence-electron chi connectivity index (χ1n) is 6.55. The lowest BCUT2D eigenvalue weighted by Gasteiger charge is -2.06. The van der Waals surface area contributed by atoms with Crippen LogP contribution >= 0.6 is 22.7 Å². The molecule has 0 saturated heterocycles. The molecule has 0 aliphatic carbocycles. The van der Waals surface area contributed by atoms with Gasteiger partial charge in [0.1, 0.15) is 5.01 Å². The number of benzene rings is 1. The number of nitrogens with two attached hydrogens (primary N) is 1. The zero-order valence-electron chi connectivity index (χ0n) is 11.2. The Labute approximate surface area is 131 Å². The highest BCUT2D eigenvalue weighted by Gasteiger charge is 2.18. The van der Waals surface area contributed by atoms with Gasteiger partial charge in [-0.15, -0.1) is 22.7 Å². The first-order valence-corrected chi connectivity index (χ1v) is 8.31. The highest BCUT2D eigenvalue weighted by molar-refractivity contribution is 7.10. The summed E-state index contributed by atoms with van der Waals surface area (Å²) in [6.07, 6.45) is 0.288. The lowest BCUT2D eigenvalue weighted by atomic mass is 10.1. The van der Waals surface area contributed by atoms with E-state index in [4.69, 9.17) is 5.73 Å². The van der Waals surface area contributed by atoms with Gasteiger partial charge in [0.25, 0.3) is 0 Å². The number of carbonyl (C=O) groups is 1. The Kier molecular flexibility index (Phi) is 4.24. The van der Waals surface area contributed by atoms with Crippen LogP contribution in [0, 0.1) is 0 Å². The molecule has 2 heterocycles. The van der Waals surface area contributed by atoms with Crippen LogP contribution in [0.3, 0.4) is 0 Å². The minimum atomic E-state index is -0.547. The number of aromatic nitrogens is 1. The maximum atomic E-state index is 12.2. The van der Waals surface area contributed by atoms with Crippen LogP contribution in [-0.2, 0) is 11.2 Å². The molecule has 21 heavy (non-hydrogen) atoms. The second-order valence-electron chi connectivity index (χ2n) is 4.63. The van der Waals surface area contributed by atoms with Gasteiger partial charge in [-0.25, -0.2) is 4.98 Å². The van der Waals surface area contributed by atoms with Gasteiger partial charge in [0, 0.05) is 15.8 Å². The normalized spacial score (nSPS) is 12.2. The number of rotatable bonds is 5. The van der Waals surface area contributed by atoms with Crippen LogP contribution in [-0.4, -0.2) is 10.8 Å². The molecule has 0 fully saturated rings. The summed E-state index contributed by atoms with van der Waals surface area (Å²) in [4.78, 5) is 17.6. The molecule has 0 spiro atoms. The average molecular weight is 314 g/mol. The van der Waals surface area contributed by atoms with Crippen molar-refractivity contribution >= 4 is 28.5 Å². The minimum absolute atomic E-state index is 0.00594. The van der Waals surface area contributed by atoms with Crippen molar-refractivity contribution in [1.29, 1.82) is 0 Å². The summed E-state index contributed by atoms with van der Waals surface area (Å²) in [7, 11) is 0. The highest BCUT2D eigenvalue weighted by atomic mass is 32.1. The Morgan fingerprint density at radius 1 is 1.14 bits per heavy atom. The Balaban J connectivity index is 1.71. The molecule has 106 valence electrons. The van der Waals surface area contributed by atoms with E-state index in [1.54, 1.807) is 0 Å². The SMILES string of the molecule is NC(C(=O)Cc1nc(-c2ccccc2)cs1)c1cccs1. The van der Waals surface area contributed by atoms with Crippen LogP contribution in [0.2, 0.25) is 0 Å². The van der Waals surface area contributed by atoms with E-state index < -0.39 is 6.04 Å². The molecule has 2 N–H and O–H groups in total. The second-order valence-corrected chi connectivity index (χ2v) is 6.55. The molecular formula is C16H14N2OS2. The summed E-state index contributed by atoms with van der Waals surface area (Å²) >= 11 is 3.01. The lowest BCUT2D eigenvalue weighted by Crippen LogP contribution is -2.22. The smallest absolute Gasteiger partial charge is 0.161 e. The zero-order chi connectivity index (χ0) is 14.7. The maximum absolute atomic E-state index is 12.2. The van der Waals surface area contributed by atoms with Crippen LogP contribution in [0.15, 0.2) is 53.2 Å². The van der Waals surface area contributed by atoms with E-state index in [1.165, 1.54) is 22.7 Å². The van der Waals surface area contributed by atoms with E-state index in [9.17, 15) is 4.79 Å². The molecule has 3 nitrogen and oxygen atoms in total. The van der Waals surface area contributed by atoms with Gasteiger partial charge < -0.3 is 5.73 Å². The number of Topliss-reactive ketones (excluding diaryl/α,β-unsaturated/α-hetero) is 1.